The van der Waals surface area contributed by atoms with Gasteiger partial charge in [0, 0.05) is 23.5 Å². The maximum atomic E-state index is 10.2. The second-order valence-electron chi connectivity index (χ2n) is 5.34. The Morgan fingerprint density at radius 3 is 2.39 bits per heavy atom. The zero-order chi connectivity index (χ0) is 15.8. The molecule has 2 aromatic heterocycles. The van der Waals surface area contributed by atoms with Gasteiger partial charge in [0.15, 0.2) is 0 Å². The summed E-state index contributed by atoms with van der Waals surface area (Å²) in [7, 11) is 0. The van der Waals surface area contributed by atoms with E-state index in [0.29, 0.717) is 11.3 Å². The van der Waals surface area contributed by atoms with Gasteiger partial charge in [-0.25, -0.2) is 4.98 Å². The fourth-order valence-electron chi connectivity index (χ4n) is 2.69. The fourth-order valence-corrected chi connectivity index (χ4v) is 2.69. The first kappa shape index (κ1) is 13.4. The number of nitrogens with zero attached hydrogens (tertiary/aromatic N) is 2. The average Bonchev–Trinajstić information content (AvgIpc) is 3.00. The van der Waals surface area contributed by atoms with Gasteiger partial charge in [-0.15, -0.1) is 0 Å². The Kier molecular flexibility index (Phi) is 3.01. The number of phenolic OH excluding ortho intramolecular Hbond substituents is 2. The summed E-state index contributed by atoms with van der Waals surface area (Å²) in [6.45, 7) is 0. The van der Waals surface area contributed by atoms with E-state index in [0.717, 1.165) is 16.8 Å². The number of phenols is 2. The summed E-state index contributed by atoms with van der Waals surface area (Å²) in [5.41, 5.74) is 3.68. The van der Waals surface area contributed by atoms with Gasteiger partial charge in [0.1, 0.15) is 17.1 Å². The van der Waals surface area contributed by atoms with Crippen LogP contribution >= 0.6 is 0 Å². The molecule has 4 aromatic rings. The molecule has 112 valence electrons. The summed E-state index contributed by atoms with van der Waals surface area (Å²) < 4.78 is 1.90. The number of aromatic hydroxyl groups is 2. The summed E-state index contributed by atoms with van der Waals surface area (Å²) in [6.07, 6.45) is 3.79. The van der Waals surface area contributed by atoms with Crippen LogP contribution in [0.1, 0.15) is 0 Å². The number of hydrogen-bond acceptors (Lipinski definition) is 3. The minimum absolute atomic E-state index is 0.160. The van der Waals surface area contributed by atoms with E-state index in [-0.39, 0.29) is 11.5 Å². The summed E-state index contributed by atoms with van der Waals surface area (Å²) in [4.78, 5) is 4.54. The minimum Gasteiger partial charge on any atom is -0.507 e. The van der Waals surface area contributed by atoms with Crippen LogP contribution in [0.25, 0.3) is 28.0 Å². The highest BCUT2D eigenvalue weighted by atomic mass is 16.3. The Morgan fingerprint density at radius 2 is 1.57 bits per heavy atom. The molecule has 2 heterocycles. The molecule has 0 amide bonds. The smallest absolute Gasteiger partial charge is 0.137 e. The van der Waals surface area contributed by atoms with Gasteiger partial charge in [-0.3, -0.25) is 0 Å². The SMILES string of the molecule is Oc1ccccc1-c1ccc(O)c(-c2cn3ccccc3n2)c1. The van der Waals surface area contributed by atoms with E-state index < -0.39 is 0 Å². The lowest BCUT2D eigenvalue weighted by atomic mass is 10.0. The number of benzene rings is 2. The molecular formula is C19H14N2O2. The number of rotatable bonds is 2. The number of imidazole rings is 1. The van der Waals surface area contributed by atoms with Gasteiger partial charge in [-0.1, -0.05) is 30.3 Å². The number of hydrogen-bond donors (Lipinski definition) is 2. The normalized spacial score (nSPS) is 11.0. The van der Waals surface area contributed by atoms with Gasteiger partial charge in [0.25, 0.3) is 0 Å². The monoisotopic (exact) mass is 302 g/mol. The van der Waals surface area contributed by atoms with Crippen LogP contribution in [-0.4, -0.2) is 19.6 Å². The van der Waals surface area contributed by atoms with Gasteiger partial charge in [0.2, 0.25) is 0 Å². The van der Waals surface area contributed by atoms with Crippen molar-refractivity contribution < 1.29 is 10.2 Å². The van der Waals surface area contributed by atoms with Crippen molar-refractivity contribution in [2.75, 3.05) is 0 Å². The highest BCUT2D eigenvalue weighted by Gasteiger charge is 2.12. The second kappa shape index (κ2) is 5.18. The standard InChI is InChI=1S/C19H14N2O2/c22-17-6-2-1-5-14(17)13-8-9-18(23)15(11-13)16-12-21-10-4-3-7-19(21)20-16/h1-12,22-23H. The molecular weight excluding hydrogens is 288 g/mol. The van der Waals surface area contributed by atoms with E-state index in [4.69, 9.17) is 0 Å². The number of pyridine rings is 1. The maximum absolute atomic E-state index is 10.2. The number of para-hydroxylation sites is 1. The first-order valence-corrected chi connectivity index (χ1v) is 7.28. The lowest BCUT2D eigenvalue weighted by molar-refractivity contribution is 0.475. The van der Waals surface area contributed by atoms with Crippen molar-refractivity contribution in [2.45, 2.75) is 0 Å². The topological polar surface area (TPSA) is 57.8 Å². The third kappa shape index (κ3) is 2.30. The van der Waals surface area contributed by atoms with Crippen LogP contribution in [0.2, 0.25) is 0 Å². The molecule has 4 heteroatoms. The molecule has 2 N–H and O–H groups in total. The molecule has 0 atom stereocenters. The Labute approximate surface area is 132 Å². The molecule has 0 fully saturated rings. The van der Waals surface area contributed by atoms with E-state index in [9.17, 15) is 10.2 Å². The van der Waals surface area contributed by atoms with Crippen molar-refractivity contribution in [3.05, 3.63) is 73.1 Å². The predicted molar refractivity (Wildman–Crippen MR) is 89.4 cm³/mol. The molecule has 0 aliphatic carbocycles. The Balaban J connectivity index is 1.88. The molecule has 0 spiro atoms. The minimum atomic E-state index is 0.160. The van der Waals surface area contributed by atoms with E-state index in [2.05, 4.69) is 4.98 Å². The van der Waals surface area contributed by atoms with Gasteiger partial charge in [-0.2, -0.15) is 0 Å². The third-order valence-corrected chi connectivity index (χ3v) is 3.85. The van der Waals surface area contributed by atoms with Crippen LogP contribution in [0.3, 0.4) is 0 Å². The van der Waals surface area contributed by atoms with Crippen LogP contribution in [-0.2, 0) is 0 Å². The maximum Gasteiger partial charge on any atom is 0.137 e. The van der Waals surface area contributed by atoms with Crippen LogP contribution < -0.4 is 0 Å². The fraction of sp³-hybridized carbons (Fsp3) is 0. The van der Waals surface area contributed by atoms with Crippen molar-refractivity contribution in [2.24, 2.45) is 0 Å². The Bertz CT molecular complexity index is 972. The van der Waals surface area contributed by atoms with Crippen LogP contribution in [0.4, 0.5) is 0 Å². The molecule has 0 aliphatic heterocycles. The molecule has 0 radical (unpaired) electrons. The van der Waals surface area contributed by atoms with Gasteiger partial charge in [0.05, 0.1) is 5.69 Å². The highest BCUT2D eigenvalue weighted by molar-refractivity contribution is 5.78. The van der Waals surface area contributed by atoms with Gasteiger partial charge in [-0.05, 0) is 35.9 Å². The van der Waals surface area contributed by atoms with Crippen molar-refractivity contribution in [1.82, 2.24) is 9.38 Å². The second-order valence-corrected chi connectivity index (χ2v) is 5.34. The van der Waals surface area contributed by atoms with Gasteiger partial charge >= 0.3 is 0 Å². The first-order valence-electron chi connectivity index (χ1n) is 7.28. The molecule has 0 aliphatic rings. The highest BCUT2D eigenvalue weighted by Crippen LogP contribution is 2.36. The first-order chi connectivity index (χ1) is 11.2. The summed E-state index contributed by atoms with van der Waals surface area (Å²) in [5, 5.41) is 20.2. The van der Waals surface area contributed by atoms with Crippen molar-refractivity contribution in [1.29, 1.82) is 0 Å². The molecule has 4 nitrogen and oxygen atoms in total. The van der Waals surface area contributed by atoms with Crippen molar-refractivity contribution >= 4 is 5.65 Å². The predicted octanol–water partition coefficient (Wildman–Crippen LogP) is 4.08. The Morgan fingerprint density at radius 1 is 0.783 bits per heavy atom. The van der Waals surface area contributed by atoms with E-state index in [1.165, 1.54) is 0 Å². The molecule has 0 unspecified atom stereocenters. The van der Waals surface area contributed by atoms with E-state index in [1.54, 1.807) is 24.3 Å². The lowest BCUT2D eigenvalue weighted by Gasteiger charge is -2.08. The zero-order valence-electron chi connectivity index (χ0n) is 12.2. The van der Waals surface area contributed by atoms with E-state index >= 15 is 0 Å². The molecule has 0 bridgehead atoms. The lowest BCUT2D eigenvalue weighted by Crippen LogP contribution is -1.83. The summed E-state index contributed by atoms with van der Waals surface area (Å²) in [5.74, 6) is 0.367. The van der Waals surface area contributed by atoms with Crippen LogP contribution in [0.5, 0.6) is 11.5 Å². The molecule has 0 saturated carbocycles. The van der Waals surface area contributed by atoms with Crippen molar-refractivity contribution in [3.63, 3.8) is 0 Å². The largest absolute Gasteiger partial charge is 0.507 e. The number of aromatic nitrogens is 2. The van der Waals surface area contributed by atoms with Crippen LogP contribution in [0.15, 0.2) is 73.1 Å². The van der Waals surface area contributed by atoms with Crippen LogP contribution in [0, 0.1) is 0 Å². The van der Waals surface area contributed by atoms with Crippen molar-refractivity contribution in [3.8, 4) is 33.9 Å². The quantitative estimate of drug-likeness (QED) is 0.586. The number of fused-ring (bicyclic) bond motifs is 1. The van der Waals surface area contributed by atoms with E-state index in [1.807, 2.05) is 53.2 Å². The summed E-state index contributed by atoms with van der Waals surface area (Å²) >= 11 is 0. The molecule has 4 rings (SSSR count). The Hall–Kier alpha value is -3.27. The van der Waals surface area contributed by atoms with Gasteiger partial charge < -0.3 is 14.6 Å². The molecule has 2 aromatic carbocycles. The molecule has 23 heavy (non-hydrogen) atoms. The third-order valence-electron chi connectivity index (χ3n) is 3.85. The zero-order valence-corrected chi connectivity index (χ0v) is 12.2. The average molecular weight is 302 g/mol. The summed E-state index contributed by atoms with van der Waals surface area (Å²) in [6, 6.07) is 18.1. The molecule has 0 saturated heterocycles.